The fraction of sp³-hybridized carbons (Fsp3) is 0.280. The number of carbonyl (C=O) groups is 1. The van der Waals surface area contributed by atoms with Crippen LogP contribution in [-0.4, -0.2) is 37.8 Å². The van der Waals surface area contributed by atoms with Crippen LogP contribution in [0.2, 0.25) is 0 Å². The average molecular weight is 452 g/mol. The van der Waals surface area contributed by atoms with Crippen LogP contribution in [0.4, 0.5) is 5.69 Å². The second-order valence-corrected chi connectivity index (χ2v) is 7.92. The summed E-state index contributed by atoms with van der Waals surface area (Å²) in [6, 6.07) is 21.6. The van der Waals surface area contributed by atoms with Crippen LogP contribution in [0.15, 0.2) is 66.0 Å². The lowest BCUT2D eigenvalue weighted by atomic mass is 10.2. The van der Waals surface area contributed by atoms with E-state index < -0.39 is 5.97 Å². The third kappa shape index (κ3) is 9.21. The highest BCUT2D eigenvalue weighted by Crippen LogP contribution is 2.27. The molecule has 3 rings (SSSR count). The maximum atomic E-state index is 10.7. The van der Waals surface area contributed by atoms with Gasteiger partial charge in [0.1, 0.15) is 6.07 Å². The number of benzene rings is 2. The number of methoxy groups -OCH3 is 1. The van der Waals surface area contributed by atoms with Crippen molar-refractivity contribution >= 4 is 23.0 Å². The first-order chi connectivity index (χ1) is 15.6. The van der Waals surface area contributed by atoms with E-state index in [1.54, 1.807) is 24.5 Å². The Balaban J connectivity index is 0.000000520. The van der Waals surface area contributed by atoms with Crippen molar-refractivity contribution in [3.8, 4) is 11.8 Å². The first-order valence-corrected chi connectivity index (χ1v) is 11.3. The Hall–Kier alpha value is -3.34. The smallest absolute Gasteiger partial charge is 0.307 e. The fourth-order valence-electron chi connectivity index (χ4n) is 2.97. The molecule has 0 spiro atoms. The van der Waals surface area contributed by atoms with Gasteiger partial charge in [0.15, 0.2) is 5.75 Å². The van der Waals surface area contributed by atoms with Crippen molar-refractivity contribution in [1.82, 2.24) is 5.32 Å². The van der Waals surface area contributed by atoms with E-state index in [9.17, 15) is 4.79 Å². The van der Waals surface area contributed by atoms with E-state index in [0.717, 1.165) is 43.7 Å². The number of nitrogens with one attached hydrogen (secondary N) is 2. The van der Waals surface area contributed by atoms with E-state index in [2.05, 4.69) is 16.7 Å². The zero-order chi connectivity index (χ0) is 23.0. The molecule has 0 saturated heterocycles. The van der Waals surface area contributed by atoms with Gasteiger partial charge in [-0.1, -0.05) is 42.5 Å². The van der Waals surface area contributed by atoms with Crippen molar-refractivity contribution in [3.05, 3.63) is 82.0 Å². The zero-order valence-corrected chi connectivity index (χ0v) is 19.0. The van der Waals surface area contributed by atoms with Gasteiger partial charge in [-0.3, -0.25) is 4.79 Å². The molecule has 0 aliphatic heterocycles. The number of nitriles is 1. The van der Waals surface area contributed by atoms with Crippen LogP contribution >= 0.6 is 11.3 Å². The van der Waals surface area contributed by atoms with E-state index in [4.69, 9.17) is 15.1 Å². The van der Waals surface area contributed by atoms with Gasteiger partial charge in [-0.25, -0.2) is 0 Å². The zero-order valence-electron chi connectivity index (χ0n) is 18.2. The molecule has 32 heavy (non-hydrogen) atoms. The van der Waals surface area contributed by atoms with Crippen LogP contribution in [-0.2, 0) is 17.6 Å². The second-order valence-electron chi connectivity index (χ2n) is 6.92. The molecule has 168 valence electrons. The van der Waals surface area contributed by atoms with Crippen LogP contribution in [0, 0.1) is 11.3 Å². The van der Waals surface area contributed by atoms with Gasteiger partial charge in [0.05, 0.1) is 24.8 Å². The molecule has 6 nitrogen and oxygen atoms in total. The number of hydrogen-bond acceptors (Lipinski definition) is 6. The van der Waals surface area contributed by atoms with Crippen molar-refractivity contribution in [2.24, 2.45) is 0 Å². The molecule has 0 amide bonds. The topological polar surface area (TPSA) is 94.4 Å². The molecule has 0 aliphatic rings. The lowest BCUT2D eigenvalue weighted by Crippen LogP contribution is -2.20. The number of rotatable bonds is 11. The average Bonchev–Trinajstić information content (AvgIpc) is 3.26. The molecule has 3 N–H and O–H groups in total. The highest BCUT2D eigenvalue weighted by Gasteiger charge is 2.07. The molecule has 7 heteroatoms. The number of carboxylic acid groups (broad SMARTS) is 1. The number of anilines is 1. The van der Waals surface area contributed by atoms with E-state index in [-0.39, 0.29) is 6.42 Å². The SMILES string of the molecule is COc1c(C#N)cccc1NCCCNCCc1cc(CC(=O)O)cs1.c1ccccc1. The number of carboxylic acids is 1. The Bertz CT molecular complexity index is 957. The highest BCUT2D eigenvalue weighted by molar-refractivity contribution is 7.10. The third-order valence-corrected chi connectivity index (χ3v) is 5.51. The summed E-state index contributed by atoms with van der Waals surface area (Å²) in [5.41, 5.74) is 2.22. The fourth-order valence-corrected chi connectivity index (χ4v) is 3.86. The monoisotopic (exact) mass is 451 g/mol. The van der Waals surface area contributed by atoms with Crippen LogP contribution in [0.3, 0.4) is 0 Å². The Morgan fingerprint density at radius 1 is 1.09 bits per heavy atom. The Kier molecular flexibility index (Phi) is 11.4. The molecule has 0 atom stereocenters. The van der Waals surface area contributed by atoms with Gasteiger partial charge in [-0.15, -0.1) is 11.3 Å². The quantitative estimate of drug-likeness (QED) is 0.370. The molecular weight excluding hydrogens is 422 g/mol. The summed E-state index contributed by atoms with van der Waals surface area (Å²) >= 11 is 1.61. The number of nitrogens with zero attached hydrogens (tertiary/aromatic N) is 1. The second kappa shape index (κ2) is 14.6. The third-order valence-electron chi connectivity index (χ3n) is 4.46. The van der Waals surface area contributed by atoms with Crippen molar-refractivity contribution < 1.29 is 14.6 Å². The van der Waals surface area contributed by atoms with Crippen LogP contribution in [0.1, 0.15) is 22.4 Å². The molecule has 0 fully saturated rings. The molecule has 0 saturated carbocycles. The maximum absolute atomic E-state index is 10.7. The molecule has 0 aliphatic carbocycles. The minimum absolute atomic E-state index is 0.0893. The van der Waals surface area contributed by atoms with Crippen molar-refractivity contribution in [2.45, 2.75) is 19.3 Å². The van der Waals surface area contributed by atoms with Crippen LogP contribution in [0.5, 0.6) is 5.75 Å². The first-order valence-electron chi connectivity index (χ1n) is 10.4. The lowest BCUT2D eigenvalue weighted by molar-refractivity contribution is -0.136. The Morgan fingerprint density at radius 2 is 1.81 bits per heavy atom. The van der Waals surface area contributed by atoms with Gasteiger partial charge in [-0.05, 0) is 55.1 Å². The predicted octanol–water partition coefficient (Wildman–Crippen LogP) is 4.58. The molecule has 2 aromatic carbocycles. The summed E-state index contributed by atoms with van der Waals surface area (Å²) in [6.45, 7) is 2.51. The summed E-state index contributed by atoms with van der Waals surface area (Å²) in [5.74, 6) is -0.213. The van der Waals surface area contributed by atoms with Crippen molar-refractivity contribution in [2.75, 3.05) is 32.1 Å². The summed E-state index contributed by atoms with van der Waals surface area (Å²) in [6.07, 6.45) is 1.93. The highest BCUT2D eigenvalue weighted by atomic mass is 32.1. The minimum Gasteiger partial charge on any atom is -0.493 e. The van der Waals surface area contributed by atoms with Gasteiger partial charge in [0, 0.05) is 11.4 Å². The Morgan fingerprint density at radius 3 is 2.44 bits per heavy atom. The lowest BCUT2D eigenvalue weighted by Gasteiger charge is -2.12. The van der Waals surface area contributed by atoms with Gasteiger partial charge >= 0.3 is 5.97 Å². The summed E-state index contributed by atoms with van der Waals surface area (Å²) in [4.78, 5) is 11.9. The number of para-hydroxylation sites is 1. The molecule has 1 heterocycles. The molecule has 0 bridgehead atoms. The minimum atomic E-state index is -0.795. The number of aliphatic carboxylic acids is 1. The van der Waals surface area contributed by atoms with Crippen LogP contribution in [0.25, 0.3) is 0 Å². The van der Waals surface area contributed by atoms with Gasteiger partial charge < -0.3 is 20.5 Å². The van der Waals surface area contributed by atoms with E-state index in [1.165, 1.54) is 4.88 Å². The summed E-state index contributed by atoms with van der Waals surface area (Å²) in [5, 5.41) is 26.5. The molecule has 0 unspecified atom stereocenters. The predicted molar refractivity (Wildman–Crippen MR) is 129 cm³/mol. The van der Waals surface area contributed by atoms with Gasteiger partial charge in [0.2, 0.25) is 0 Å². The molecule has 1 aromatic heterocycles. The van der Waals surface area contributed by atoms with E-state index in [0.29, 0.717) is 11.3 Å². The maximum Gasteiger partial charge on any atom is 0.307 e. The number of ether oxygens (including phenoxy) is 1. The van der Waals surface area contributed by atoms with Gasteiger partial charge in [-0.2, -0.15) is 5.26 Å². The largest absolute Gasteiger partial charge is 0.493 e. The van der Waals surface area contributed by atoms with Crippen LogP contribution < -0.4 is 15.4 Å². The Labute approximate surface area is 193 Å². The first kappa shape index (κ1) is 24.9. The normalized spacial score (nSPS) is 9.88. The number of thiophene rings is 1. The summed E-state index contributed by atoms with van der Waals surface area (Å²) < 4.78 is 5.30. The number of hydrogen-bond donors (Lipinski definition) is 3. The molecular formula is C25H29N3O3S. The van der Waals surface area contributed by atoms with Gasteiger partial charge in [0.25, 0.3) is 0 Å². The van der Waals surface area contributed by atoms with Crippen molar-refractivity contribution in [1.29, 1.82) is 5.26 Å². The standard InChI is InChI=1S/C19H23N3O3S.C6H6/c1-25-19-15(12-20)4-2-5-17(19)22-8-3-7-21-9-6-16-10-14(13-26-16)11-18(23)24;1-2-4-6-5-3-1/h2,4-5,10,13,21-22H,3,6-9,11H2,1H3,(H,23,24);1-6H. The summed E-state index contributed by atoms with van der Waals surface area (Å²) in [7, 11) is 1.56. The van der Waals surface area contributed by atoms with E-state index in [1.807, 2.05) is 60.0 Å². The van der Waals surface area contributed by atoms with Crippen molar-refractivity contribution in [3.63, 3.8) is 0 Å². The molecule has 0 radical (unpaired) electrons. The van der Waals surface area contributed by atoms with E-state index >= 15 is 0 Å². The molecule has 3 aromatic rings.